The molecule has 5 rings (SSSR count). The molecule has 0 saturated heterocycles. The van der Waals surface area contributed by atoms with Crippen LogP contribution in [0.25, 0.3) is 0 Å². The van der Waals surface area contributed by atoms with Gasteiger partial charge in [0.1, 0.15) is 42.6 Å². The molecule has 0 fully saturated rings. The molecule has 0 saturated carbocycles. The van der Waals surface area contributed by atoms with Gasteiger partial charge < -0.3 is 35.1 Å². The van der Waals surface area contributed by atoms with E-state index in [2.05, 4.69) is 16.0 Å². The molecule has 4 amide bonds. The molecule has 0 aromatic heterocycles. The van der Waals surface area contributed by atoms with Crippen LogP contribution in [0.4, 0.5) is 4.39 Å². The topological polar surface area (TPSA) is 135 Å². The Morgan fingerprint density at radius 3 is 2.41 bits per heavy atom. The van der Waals surface area contributed by atoms with E-state index in [4.69, 9.17) is 14.2 Å². The predicted molar refractivity (Wildman–Crippen MR) is 188 cm³/mol. The molecule has 0 unspecified atom stereocenters. The number of nitrogens with one attached hydrogen (secondary N) is 3. The molecule has 1 aliphatic heterocycles. The Hall–Kier alpha value is -5.91. The van der Waals surface area contributed by atoms with Gasteiger partial charge in [0.25, 0.3) is 5.91 Å². The van der Waals surface area contributed by atoms with Gasteiger partial charge >= 0.3 is 0 Å². The van der Waals surface area contributed by atoms with Crippen molar-refractivity contribution in [2.75, 3.05) is 26.8 Å². The maximum absolute atomic E-state index is 14.1. The SMILES string of the molecule is C[C@H](COc1ccc(F)cc1Oc1ccccc1)NC(=O)[C@@H]1CCC(=O)N[C@H](Cc2ccccc2)C(=O)N(C)CCOc2ccccc2C(=O)N1. The minimum absolute atomic E-state index is 0.0167. The van der Waals surface area contributed by atoms with Gasteiger partial charge in [-0.2, -0.15) is 0 Å². The van der Waals surface area contributed by atoms with Crippen LogP contribution in [0.2, 0.25) is 0 Å². The summed E-state index contributed by atoms with van der Waals surface area (Å²) in [7, 11) is 1.63. The van der Waals surface area contributed by atoms with Crippen molar-refractivity contribution in [3.63, 3.8) is 0 Å². The van der Waals surface area contributed by atoms with E-state index in [1.165, 1.54) is 23.1 Å². The summed E-state index contributed by atoms with van der Waals surface area (Å²) in [6.07, 6.45) is 0.0539. The highest BCUT2D eigenvalue weighted by molar-refractivity contribution is 6.00. The molecular formula is C39H41FN4O7. The third-order valence-corrected chi connectivity index (χ3v) is 8.14. The molecule has 4 aromatic rings. The van der Waals surface area contributed by atoms with Gasteiger partial charge in [0.2, 0.25) is 17.7 Å². The number of carbonyl (C=O) groups is 4. The molecule has 0 radical (unpaired) electrons. The van der Waals surface area contributed by atoms with Crippen LogP contribution in [-0.2, 0) is 20.8 Å². The molecule has 266 valence electrons. The molecule has 4 aromatic carbocycles. The summed E-state index contributed by atoms with van der Waals surface area (Å²) in [5.74, 6) is -1.16. The first-order valence-electron chi connectivity index (χ1n) is 16.7. The number of carbonyl (C=O) groups excluding carboxylic acids is 4. The molecule has 0 spiro atoms. The number of hydrogen-bond acceptors (Lipinski definition) is 7. The van der Waals surface area contributed by atoms with Crippen molar-refractivity contribution in [2.45, 2.75) is 44.3 Å². The van der Waals surface area contributed by atoms with Crippen molar-refractivity contribution < 1.29 is 37.8 Å². The van der Waals surface area contributed by atoms with E-state index in [1.807, 2.05) is 36.4 Å². The molecule has 51 heavy (non-hydrogen) atoms. The second-order valence-electron chi connectivity index (χ2n) is 12.2. The van der Waals surface area contributed by atoms with Crippen LogP contribution in [0.5, 0.6) is 23.0 Å². The summed E-state index contributed by atoms with van der Waals surface area (Å²) in [5, 5.41) is 8.44. The van der Waals surface area contributed by atoms with Gasteiger partial charge in [-0.05, 0) is 55.3 Å². The number of amides is 4. The van der Waals surface area contributed by atoms with E-state index in [-0.39, 0.29) is 67.7 Å². The number of hydrogen-bond donors (Lipinski definition) is 3. The van der Waals surface area contributed by atoms with E-state index < -0.39 is 41.7 Å². The van der Waals surface area contributed by atoms with Gasteiger partial charge in [-0.25, -0.2) is 4.39 Å². The molecule has 12 heteroatoms. The second-order valence-corrected chi connectivity index (χ2v) is 12.2. The third kappa shape index (κ3) is 10.5. The highest BCUT2D eigenvalue weighted by Crippen LogP contribution is 2.32. The first kappa shape index (κ1) is 36.4. The number of benzene rings is 4. The smallest absolute Gasteiger partial charge is 0.255 e. The zero-order chi connectivity index (χ0) is 36.2. The Morgan fingerprint density at radius 1 is 0.941 bits per heavy atom. The van der Waals surface area contributed by atoms with Crippen molar-refractivity contribution in [2.24, 2.45) is 0 Å². The second kappa shape index (κ2) is 17.7. The lowest BCUT2D eigenvalue weighted by Crippen LogP contribution is -2.51. The standard InChI is InChI=1S/C39H41FN4O7/c1-26(25-50-34-19-17-28(40)24-35(34)51-29-13-7-4-8-14-29)41-38(47)31-18-20-36(45)42-32(23-27-11-5-3-6-12-27)39(48)44(2)21-22-49-33-16-10-9-15-30(33)37(46)43-31/h3-17,19,24,26,31-32H,18,20-23,25H2,1-2H3,(H,41,47)(H,42,45)(H,43,46)/t26-,31+,32-/m1/s1. The van der Waals surface area contributed by atoms with Crippen LogP contribution >= 0.6 is 0 Å². The highest BCUT2D eigenvalue weighted by Gasteiger charge is 2.28. The Kier molecular flexibility index (Phi) is 12.6. The van der Waals surface area contributed by atoms with Gasteiger partial charge in [-0.1, -0.05) is 60.7 Å². The van der Waals surface area contributed by atoms with Crippen LogP contribution in [-0.4, -0.2) is 73.5 Å². The molecule has 3 atom stereocenters. The van der Waals surface area contributed by atoms with Gasteiger partial charge in [0.15, 0.2) is 11.5 Å². The third-order valence-electron chi connectivity index (χ3n) is 8.14. The molecule has 0 aliphatic carbocycles. The van der Waals surface area contributed by atoms with E-state index in [0.29, 0.717) is 5.75 Å². The fourth-order valence-corrected chi connectivity index (χ4v) is 5.44. The van der Waals surface area contributed by atoms with Crippen molar-refractivity contribution in [3.8, 4) is 23.0 Å². The Balaban J connectivity index is 1.30. The first-order chi connectivity index (χ1) is 24.7. The normalized spacial score (nSPS) is 17.7. The molecule has 1 heterocycles. The lowest BCUT2D eigenvalue weighted by molar-refractivity contribution is -0.135. The summed E-state index contributed by atoms with van der Waals surface area (Å²) in [4.78, 5) is 55.4. The van der Waals surface area contributed by atoms with E-state index in [0.717, 1.165) is 5.56 Å². The zero-order valence-electron chi connectivity index (χ0n) is 28.5. The summed E-state index contributed by atoms with van der Waals surface area (Å²) >= 11 is 0. The van der Waals surface area contributed by atoms with E-state index in [1.54, 1.807) is 62.5 Å². The zero-order valence-corrected chi connectivity index (χ0v) is 28.5. The maximum atomic E-state index is 14.1. The number of rotatable bonds is 9. The lowest BCUT2D eigenvalue weighted by atomic mass is 10.0. The van der Waals surface area contributed by atoms with Crippen LogP contribution < -0.4 is 30.2 Å². The number of ether oxygens (including phenoxy) is 3. The van der Waals surface area contributed by atoms with Gasteiger partial charge in [-0.15, -0.1) is 0 Å². The fourth-order valence-electron chi connectivity index (χ4n) is 5.44. The quantitative estimate of drug-likeness (QED) is 0.232. The minimum Gasteiger partial charge on any atom is -0.491 e. The molecule has 3 N–H and O–H groups in total. The van der Waals surface area contributed by atoms with Crippen molar-refractivity contribution in [3.05, 3.63) is 120 Å². The van der Waals surface area contributed by atoms with Crippen molar-refractivity contribution >= 4 is 23.6 Å². The monoisotopic (exact) mass is 696 g/mol. The first-order valence-corrected chi connectivity index (χ1v) is 16.7. The largest absolute Gasteiger partial charge is 0.491 e. The van der Waals surface area contributed by atoms with Gasteiger partial charge in [0, 0.05) is 26.0 Å². The molecular weight excluding hydrogens is 655 g/mol. The molecule has 11 nitrogen and oxygen atoms in total. The van der Waals surface area contributed by atoms with E-state index in [9.17, 15) is 23.6 Å². The lowest BCUT2D eigenvalue weighted by Gasteiger charge is -2.25. The van der Waals surface area contributed by atoms with Crippen LogP contribution in [0, 0.1) is 5.82 Å². The van der Waals surface area contributed by atoms with Crippen LogP contribution in [0.1, 0.15) is 35.7 Å². The summed E-state index contributed by atoms with van der Waals surface area (Å²) in [6.45, 7) is 1.99. The summed E-state index contributed by atoms with van der Waals surface area (Å²) in [6, 6.07) is 26.1. The van der Waals surface area contributed by atoms with E-state index >= 15 is 0 Å². The minimum atomic E-state index is -1.13. The Bertz CT molecular complexity index is 1810. The number of fused-ring (bicyclic) bond motifs is 1. The Labute approximate surface area is 296 Å². The van der Waals surface area contributed by atoms with Crippen LogP contribution in [0.3, 0.4) is 0 Å². The maximum Gasteiger partial charge on any atom is 0.255 e. The summed E-state index contributed by atoms with van der Waals surface area (Å²) < 4.78 is 31.7. The van der Waals surface area contributed by atoms with Crippen LogP contribution in [0.15, 0.2) is 103 Å². The van der Waals surface area contributed by atoms with Crippen molar-refractivity contribution in [1.29, 1.82) is 0 Å². The summed E-state index contributed by atoms with van der Waals surface area (Å²) in [5.41, 5.74) is 1.07. The number of likely N-dealkylation sites (N-methyl/N-ethyl adjacent to an activating group) is 1. The van der Waals surface area contributed by atoms with Gasteiger partial charge in [0.05, 0.1) is 18.2 Å². The molecule has 1 aliphatic rings. The average Bonchev–Trinajstić information content (AvgIpc) is 3.13. The number of halogens is 1. The highest BCUT2D eigenvalue weighted by atomic mass is 19.1. The fraction of sp³-hybridized carbons (Fsp3) is 0.282. The van der Waals surface area contributed by atoms with Gasteiger partial charge in [-0.3, -0.25) is 19.2 Å². The number of para-hydroxylation sites is 2. The predicted octanol–water partition coefficient (Wildman–Crippen LogP) is 4.66. The average molecular weight is 697 g/mol. The number of nitrogens with zero attached hydrogens (tertiary/aromatic N) is 1. The Morgan fingerprint density at radius 2 is 1.65 bits per heavy atom. The molecule has 0 bridgehead atoms. The van der Waals surface area contributed by atoms with Crippen molar-refractivity contribution in [1.82, 2.24) is 20.9 Å².